The predicted octanol–water partition coefficient (Wildman–Crippen LogP) is 2.91. The maximum atomic E-state index is 11.7. The third kappa shape index (κ3) is 3.47. The molecule has 0 fully saturated rings. The van der Waals surface area contributed by atoms with E-state index in [1.807, 2.05) is 0 Å². The molecule has 0 rings (SSSR count). The second-order valence-corrected chi connectivity index (χ2v) is 7.05. The lowest BCUT2D eigenvalue weighted by molar-refractivity contribution is -0.122. The summed E-state index contributed by atoms with van der Waals surface area (Å²) in [5.74, 6) is -0.321. The number of carbonyl (C=O) groups is 2. The molecule has 0 N–H and O–H groups in total. The molecule has 0 saturated carbocycles. The summed E-state index contributed by atoms with van der Waals surface area (Å²) in [6.07, 6.45) is 0.644. The molecular weight excluding hydrogens is 359 g/mol. The van der Waals surface area contributed by atoms with Crippen LogP contribution in [-0.2, 0) is 9.59 Å². The van der Waals surface area contributed by atoms with Gasteiger partial charge in [0, 0.05) is 5.88 Å². The van der Waals surface area contributed by atoms with E-state index in [0.29, 0.717) is 6.29 Å². The first-order chi connectivity index (χ1) is 6.19. The Balaban J connectivity index is 4.80. The predicted molar refractivity (Wildman–Crippen MR) is 66.1 cm³/mol. The maximum absolute atomic E-state index is 11.7. The van der Waals surface area contributed by atoms with Crippen LogP contribution < -0.4 is 0 Å². The Morgan fingerprint density at radius 2 is 2.00 bits per heavy atom. The Hall–Kier alpha value is 0.880. The fraction of sp³-hybridized carbons (Fsp3) is 0.750. The van der Waals surface area contributed by atoms with Gasteiger partial charge in [-0.05, 0) is 13.8 Å². The number of rotatable bonds is 5. The molecule has 0 radical (unpaired) electrons. The van der Waals surface area contributed by atoms with E-state index in [2.05, 4.69) is 31.9 Å². The summed E-state index contributed by atoms with van der Waals surface area (Å²) in [6.45, 7) is 3.10. The lowest BCUT2D eigenvalue weighted by atomic mass is 9.98. The molecule has 0 heterocycles. The van der Waals surface area contributed by atoms with Crippen LogP contribution >= 0.6 is 55.1 Å². The van der Waals surface area contributed by atoms with E-state index in [1.54, 1.807) is 6.92 Å². The van der Waals surface area contributed by atoms with Crippen molar-refractivity contribution in [3.05, 3.63) is 0 Å². The van der Waals surface area contributed by atoms with E-state index in [0.717, 1.165) is 0 Å². The molecule has 0 aromatic rings. The summed E-state index contributed by atoms with van der Waals surface area (Å²) in [5.41, 5.74) is 0. The first-order valence-corrected chi connectivity index (χ1v) is 6.39. The van der Waals surface area contributed by atoms with Gasteiger partial charge in [-0.2, -0.15) is 0 Å². The van der Waals surface area contributed by atoms with Crippen LogP contribution in [0.3, 0.4) is 0 Å². The Bertz CT molecular complexity index is 241. The standard InChI is InChI=1S/C8H10Br2Cl2O2/c1-7(10,4-13)5(9)6(14)8(2,12)3-11/h4-5H,3H2,1-2H3. The van der Waals surface area contributed by atoms with Crippen molar-refractivity contribution in [2.45, 2.75) is 27.9 Å². The molecule has 82 valence electrons. The van der Waals surface area contributed by atoms with Gasteiger partial charge in [0.25, 0.3) is 0 Å². The molecule has 0 spiro atoms. The van der Waals surface area contributed by atoms with E-state index in [4.69, 9.17) is 23.2 Å². The van der Waals surface area contributed by atoms with Crippen molar-refractivity contribution in [3.63, 3.8) is 0 Å². The number of ketones is 1. The highest BCUT2D eigenvalue weighted by Gasteiger charge is 2.42. The van der Waals surface area contributed by atoms with Crippen molar-refractivity contribution in [1.82, 2.24) is 0 Å². The Kier molecular flexibility index (Phi) is 5.61. The van der Waals surface area contributed by atoms with Crippen LogP contribution in [0.15, 0.2) is 0 Å². The summed E-state index contributed by atoms with van der Waals surface area (Å²) in [4.78, 5) is 20.6. The second kappa shape index (κ2) is 5.28. The lowest BCUT2D eigenvalue weighted by Gasteiger charge is -2.27. The average molecular weight is 369 g/mol. The van der Waals surface area contributed by atoms with Crippen LogP contribution in [-0.4, -0.2) is 32.0 Å². The number of Topliss-reactive ketones (excluding diaryl/α,β-unsaturated/α-hetero) is 1. The van der Waals surface area contributed by atoms with Crippen LogP contribution in [0, 0.1) is 0 Å². The van der Waals surface area contributed by atoms with E-state index >= 15 is 0 Å². The van der Waals surface area contributed by atoms with Crippen LogP contribution in [0.5, 0.6) is 0 Å². The third-order valence-corrected chi connectivity index (χ3v) is 5.34. The fourth-order valence-corrected chi connectivity index (χ4v) is 1.84. The topological polar surface area (TPSA) is 34.1 Å². The van der Waals surface area contributed by atoms with Crippen LogP contribution in [0.25, 0.3) is 0 Å². The van der Waals surface area contributed by atoms with Crippen molar-refractivity contribution >= 4 is 67.1 Å². The van der Waals surface area contributed by atoms with Gasteiger partial charge in [-0.3, -0.25) is 4.79 Å². The van der Waals surface area contributed by atoms with Gasteiger partial charge >= 0.3 is 0 Å². The SMILES string of the molecule is CC(Cl)(CCl)C(=O)C(Br)C(C)(Br)C=O. The number of carbonyl (C=O) groups excluding carboxylic acids is 2. The van der Waals surface area contributed by atoms with E-state index < -0.39 is 14.0 Å². The zero-order valence-electron chi connectivity index (χ0n) is 7.69. The first kappa shape index (κ1) is 14.9. The van der Waals surface area contributed by atoms with Crippen LogP contribution in [0.4, 0.5) is 0 Å². The zero-order valence-corrected chi connectivity index (χ0v) is 12.4. The van der Waals surface area contributed by atoms with Gasteiger partial charge in [0.2, 0.25) is 0 Å². The van der Waals surface area contributed by atoms with Gasteiger partial charge in [0.1, 0.15) is 11.2 Å². The summed E-state index contributed by atoms with van der Waals surface area (Å²) in [5, 5.41) is 0. The highest BCUT2D eigenvalue weighted by atomic mass is 79.9. The molecule has 3 atom stereocenters. The van der Waals surface area contributed by atoms with E-state index in [1.165, 1.54) is 6.92 Å². The van der Waals surface area contributed by atoms with Gasteiger partial charge in [0.15, 0.2) is 5.78 Å². The molecule has 0 amide bonds. The summed E-state index contributed by atoms with van der Waals surface area (Å²) in [6, 6.07) is 0. The molecule has 0 aliphatic carbocycles. The van der Waals surface area contributed by atoms with Crippen LogP contribution in [0.1, 0.15) is 13.8 Å². The summed E-state index contributed by atoms with van der Waals surface area (Å²) in [7, 11) is 0. The minimum atomic E-state index is -1.16. The molecule has 0 aliphatic heterocycles. The van der Waals surface area contributed by atoms with Crippen molar-refractivity contribution in [2.75, 3.05) is 5.88 Å². The summed E-state index contributed by atoms with van der Waals surface area (Å²) >= 11 is 17.7. The highest BCUT2D eigenvalue weighted by molar-refractivity contribution is 9.13. The maximum Gasteiger partial charge on any atom is 0.170 e. The van der Waals surface area contributed by atoms with E-state index in [9.17, 15) is 9.59 Å². The fourth-order valence-electron chi connectivity index (χ4n) is 0.646. The lowest BCUT2D eigenvalue weighted by Crippen LogP contribution is -2.46. The number of alkyl halides is 4. The van der Waals surface area contributed by atoms with Crippen molar-refractivity contribution < 1.29 is 9.59 Å². The van der Waals surface area contributed by atoms with Crippen LogP contribution in [0.2, 0.25) is 0 Å². The zero-order chi connectivity index (χ0) is 11.6. The highest BCUT2D eigenvalue weighted by Crippen LogP contribution is 2.32. The molecule has 3 unspecified atom stereocenters. The van der Waals surface area contributed by atoms with Crippen molar-refractivity contribution in [2.24, 2.45) is 0 Å². The molecule has 0 aromatic heterocycles. The number of hydrogen-bond acceptors (Lipinski definition) is 2. The number of hydrogen-bond donors (Lipinski definition) is 0. The monoisotopic (exact) mass is 366 g/mol. The minimum Gasteiger partial charge on any atom is -0.302 e. The molecule has 0 bridgehead atoms. The number of halogens is 4. The Morgan fingerprint density at radius 3 is 2.29 bits per heavy atom. The van der Waals surface area contributed by atoms with Gasteiger partial charge in [-0.25, -0.2) is 0 Å². The molecule has 6 heteroatoms. The Morgan fingerprint density at radius 1 is 1.57 bits per heavy atom. The quantitative estimate of drug-likeness (QED) is 0.552. The van der Waals surface area contributed by atoms with Gasteiger partial charge < -0.3 is 4.79 Å². The van der Waals surface area contributed by atoms with E-state index in [-0.39, 0.29) is 11.7 Å². The smallest absolute Gasteiger partial charge is 0.170 e. The normalized spacial score (nSPS) is 21.9. The third-order valence-electron chi connectivity index (χ3n) is 1.72. The first-order valence-electron chi connectivity index (χ1n) is 3.77. The minimum absolute atomic E-state index is 0.00255. The molecule has 2 nitrogen and oxygen atoms in total. The van der Waals surface area contributed by atoms with Crippen molar-refractivity contribution in [1.29, 1.82) is 0 Å². The van der Waals surface area contributed by atoms with Crippen molar-refractivity contribution in [3.8, 4) is 0 Å². The molecule has 0 aliphatic rings. The second-order valence-electron chi connectivity index (χ2n) is 3.33. The molecule has 0 saturated heterocycles. The molecule has 14 heavy (non-hydrogen) atoms. The molecule has 0 aromatic carbocycles. The van der Waals surface area contributed by atoms with Gasteiger partial charge in [-0.15, -0.1) is 23.2 Å². The van der Waals surface area contributed by atoms with Gasteiger partial charge in [0.05, 0.1) is 9.15 Å². The Labute approximate surface area is 110 Å². The van der Waals surface area contributed by atoms with Gasteiger partial charge in [-0.1, -0.05) is 31.9 Å². The average Bonchev–Trinajstić information content (AvgIpc) is 2.15. The largest absolute Gasteiger partial charge is 0.302 e. The summed E-state index contributed by atoms with van der Waals surface area (Å²) < 4.78 is -0.966. The molecular formula is C8H10Br2Cl2O2. The number of aldehydes is 1.